The van der Waals surface area contributed by atoms with Gasteiger partial charge in [0.15, 0.2) is 0 Å². The maximum atomic E-state index is 12.8. The molecule has 1 unspecified atom stereocenters. The lowest BCUT2D eigenvalue weighted by atomic mass is 9.95. The zero-order valence-electron chi connectivity index (χ0n) is 16.4. The van der Waals surface area contributed by atoms with Gasteiger partial charge in [0, 0.05) is 40.6 Å². The van der Waals surface area contributed by atoms with Crippen LogP contribution >= 0.6 is 15.9 Å². The molecule has 0 saturated heterocycles. The van der Waals surface area contributed by atoms with Gasteiger partial charge in [-0.25, -0.2) is 4.98 Å². The second kappa shape index (κ2) is 7.72. The van der Waals surface area contributed by atoms with Gasteiger partial charge in [-0.05, 0) is 50.1 Å². The van der Waals surface area contributed by atoms with E-state index in [4.69, 9.17) is 4.98 Å². The molecule has 1 N–H and O–H groups in total. The normalized spacial score (nSPS) is 16.3. The Hall–Kier alpha value is -2.51. The van der Waals surface area contributed by atoms with Crippen molar-refractivity contribution >= 4 is 21.9 Å². The first kappa shape index (κ1) is 19.8. The molecule has 1 aliphatic rings. The Morgan fingerprint density at radius 1 is 1.21 bits per heavy atom. The Labute approximate surface area is 178 Å². The lowest BCUT2D eigenvalue weighted by Crippen LogP contribution is -2.53. The van der Waals surface area contributed by atoms with Crippen LogP contribution in [0.15, 0.2) is 64.1 Å². The van der Waals surface area contributed by atoms with Gasteiger partial charge in [-0.1, -0.05) is 28.1 Å². The number of pyridine rings is 1. The van der Waals surface area contributed by atoms with Gasteiger partial charge in [-0.15, -0.1) is 0 Å². The Morgan fingerprint density at radius 3 is 2.69 bits per heavy atom. The second-order valence-corrected chi connectivity index (χ2v) is 8.83. The average Bonchev–Trinajstić information content (AvgIpc) is 2.70. The predicted octanol–water partition coefficient (Wildman–Crippen LogP) is 3.79. The number of hydrogen-bond donors (Lipinski definition) is 1. The average molecular weight is 455 g/mol. The van der Waals surface area contributed by atoms with E-state index in [1.54, 1.807) is 23.0 Å². The van der Waals surface area contributed by atoms with Crippen molar-refractivity contribution < 1.29 is 5.11 Å². The second-order valence-electron chi connectivity index (χ2n) is 7.91. The number of fused-ring (bicyclic) bond motifs is 1. The Bertz CT molecular complexity index is 1080. The molecule has 1 aliphatic heterocycles. The first-order chi connectivity index (χ1) is 13.8. The van der Waals surface area contributed by atoms with Gasteiger partial charge in [0.1, 0.15) is 0 Å². The third-order valence-electron chi connectivity index (χ3n) is 5.47. The number of rotatable bonds is 4. The molecule has 1 atom stereocenters. The number of β-amino-alcohol motifs (C(OH)–C–C–N with tert-alkyl or cyclic N) is 1. The lowest BCUT2D eigenvalue weighted by Gasteiger charge is -2.45. The summed E-state index contributed by atoms with van der Waals surface area (Å²) in [5.74, 6) is 0.592. The standard InChI is InChI=1S/C22H23BrN4O2/c1-22(2)8-11-26-20(29)13-18(15-6-9-24-10-7-15)25-21(26)27(22)14-19(28)16-4-3-5-17(23)12-16/h3-7,9-10,12-13,19,28H,8,11,14H2,1-2H3. The summed E-state index contributed by atoms with van der Waals surface area (Å²) < 4.78 is 2.62. The molecule has 3 aromatic rings. The molecule has 0 spiro atoms. The summed E-state index contributed by atoms with van der Waals surface area (Å²) in [6.45, 7) is 5.19. The van der Waals surface area contributed by atoms with E-state index in [9.17, 15) is 9.90 Å². The van der Waals surface area contributed by atoms with Gasteiger partial charge in [-0.2, -0.15) is 0 Å². The van der Waals surface area contributed by atoms with Crippen LogP contribution in [0.4, 0.5) is 5.95 Å². The van der Waals surface area contributed by atoms with Gasteiger partial charge in [0.25, 0.3) is 5.56 Å². The number of nitrogens with zero attached hydrogens (tertiary/aromatic N) is 4. The maximum absolute atomic E-state index is 12.8. The molecule has 7 heteroatoms. The molecule has 6 nitrogen and oxygen atoms in total. The van der Waals surface area contributed by atoms with Gasteiger partial charge < -0.3 is 10.0 Å². The van der Waals surface area contributed by atoms with Gasteiger partial charge in [-0.3, -0.25) is 14.3 Å². The number of hydrogen-bond acceptors (Lipinski definition) is 5. The predicted molar refractivity (Wildman–Crippen MR) is 117 cm³/mol. The Balaban J connectivity index is 1.76. The van der Waals surface area contributed by atoms with Crippen LogP contribution in [0.1, 0.15) is 31.9 Å². The molecule has 1 aromatic carbocycles. The van der Waals surface area contributed by atoms with Crippen LogP contribution in [0.3, 0.4) is 0 Å². The topological polar surface area (TPSA) is 71.2 Å². The summed E-state index contributed by atoms with van der Waals surface area (Å²) in [5.41, 5.74) is 1.95. The van der Waals surface area contributed by atoms with E-state index in [2.05, 4.69) is 34.8 Å². The van der Waals surface area contributed by atoms with Crippen LogP contribution in [-0.2, 0) is 6.54 Å². The van der Waals surface area contributed by atoms with Crippen molar-refractivity contribution in [2.24, 2.45) is 0 Å². The fraction of sp³-hybridized carbons (Fsp3) is 0.318. The third-order valence-corrected chi connectivity index (χ3v) is 5.97. The highest BCUT2D eigenvalue weighted by Crippen LogP contribution is 2.33. The summed E-state index contributed by atoms with van der Waals surface area (Å²) in [4.78, 5) is 23.7. The number of aromatic nitrogens is 3. The molecule has 0 aliphatic carbocycles. The van der Waals surface area contributed by atoms with Crippen molar-refractivity contribution in [2.45, 2.75) is 38.5 Å². The van der Waals surface area contributed by atoms with Crippen LogP contribution in [0.5, 0.6) is 0 Å². The maximum Gasteiger partial charge on any atom is 0.255 e. The highest BCUT2D eigenvalue weighted by atomic mass is 79.9. The van der Waals surface area contributed by atoms with Crippen molar-refractivity contribution in [1.29, 1.82) is 0 Å². The van der Waals surface area contributed by atoms with Crippen LogP contribution in [0.25, 0.3) is 11.3 Å². The minimum atomic E-state index is -0.709. The van der Waals surface area contributed by atoms with Crippen molar-refractivity contribution in [1.82, 2.24) is 14.5 Å². The van der Waals surface area contributed by atoms with Crippen molar-refractivity contribution in [3.8, 4) is 11.3 Å². The smallest absolute Gasteiger partial charge is 0.255 e. The number of halogens is 1. The summed E-state index contributed by atoms with van der Waals surface area (Å²) in [6.07, 6.45) is 3.46. The lowest BCUT2D eigenvalue weighted by molar-refractivity contribution is 0.168. The SMILES string of the molecule is CC1(C)CCn2c(nc(-c3ccncc3)cc2=O)N1CC(O)c1cccc(Br)c1. The van der Waals surface area contributed by atoms with Crippen LogP contribution in [0.2, 0.25) is 0 Å². The highest BCUT2D eigenvalue weighted by Gasteiger charge is 2.36. The Morgan fingerprint density at radius 2 is 1.97 bits per heavy atom. The highest BCUT2D eigenvalue weighted by molar-refractivity contribution is 9.10. The van der Waals surface area contributed by atoms with E-state index >= 15 is 0 Å². The van der Waals surface area contributed by atoms with Gasteiger partial charge in [0.2, 0.25) is 5.95 Å². The van der Waals surface area contributed by atoms with Crippen molar-refractivity contribution in [3.05, 3.63) is 75.2 Å². The molecule has 2 aromatic heterocycles. The number of aliphatic hydroxyl groups excluding tert-OH is 1. The number of benzene rings is 1. The van der Waals surface area contributed by atoms with Crippen molar-refractivity contribution in [3.63, 3.8) is 0 Å². The summed E-state index contributed by atoms with van der Waals surface area (Å²) in [6, 6.07) is 12.9. The van der Waals surface area contributed by atoms with Gasteiger partial charge >= 0.3 is 0 Å². The van der Waals surface area contributed by atoms with E-state index in [0.29, 0.717) is 24.7 Å². The monoisotopic (exact) mass is 454 g/mol. The molecule has 0 saturated carbocycles. The van der Waals surface area contributed by atoms with E-state index in [-0.39, 0.29) is 11.1 Å². The molecular formula is C22H23BrN4O2. The summed E-state index contributed by atoms with van der Waals surface area (Å²) >= 11 is 3.46. The quantitative estimate of drug-likeness (QED) is 0.648. The fourth-order valence-electron chi connectivity index (χ4n) is 3.69. The molecule has 4 rings (SSSR count). The van der Waals surface area contributed by atoms with Crippen molar-refractivity contribution in [2.75, 3.05) is 11.4 Å². The fourth-order valence-corrected chi connectivity index (χ4v) is 4.11. The first-order valence-electron chi connectivity index (χ1n) is 9.59. The molecular weight excluding hydrogens is 432 g/mol. The van der Waals surface area contributed by atoms with Crippen LogP contribution in [-0.4, -0.2) is 31.7 Å². The zero-order valence-corrected chi connectivity index (χ0v) is 18.0. The third kappa shape index (κ3) is 3.97. The molecule has 0 bridgehead atoms. The minimum Gasteiger partial charge on any atom is -0.387 e. The van der Waals surface area contributed by atoms with E-state index in [1.165, 1.54) is 0 Å². The van der Waals surface area contributed by atoms with Crippen LogP contribution < -0.4 is 10.5 Å². The molecule has 0 radical (unpaired) electrons. The van der Waals surface area contributed by atoms with E-state index < -0.39 is 6.10 Å². The minimum absolute atomic E-state index is 0.0840. The first-order valence-corrected chi connectivity index (χ1v) is 10.4. The van der Waals surface area contributed by atoms with E-state index in [0.717, 1.165) is 22.0 Å². The summed E-state index contributed by atoms with van der Waals surface area (Å²) in [5, 5.41) is 10.9. The summed E-state index contributed by atoms with van der Waals surface area (Å²) in [7, 11) is 0. The van der Waals surface area contributed by atoms with Gasteiger partial charge in [0.05, 0.1) is 18.3 Å². The molecule has 150 valence electrons. The van der Waals surface area contributed by atoms with E-state index in [1.807, 2.05) is 41.3 Å². The largest absolute Gasteiger partial charge is 0.387 e. The molecule has 3 heterocycles. The molecule has 29 heavy (non-hydrogen) atoms. The molecule has 0 amide bonds. The molecule has 0 fully saturated rings. The number of anilines is 1. The zero-order chi connectivity index (χ0) is 20.6. The Kier molecular flexibility index (Phi) is 5.27. The van der Waals surface area contributed by atoms with Crippen LogP contribution in [0, 0.1) is 0 Å². The number of aliphatic hydroxyl groups is 1.